The molecule has 254 valence electrons. The van der Waals surface area contributed by atoms with E-state index < -0.39 is 59.8 Å². The number of alkyl carbamates (subject to hydrolysis) is 1. The molecule has 3 amide bonds. The zero-order valence-electron chi connectivity index (χ0n) is 28.9. The van der Waals surface area contributed by atoms with Crippen molar-refractivity contribution in [2.75, 3.05) is 13.2 Å². The maximum absolute atomic E-state index is 14.3. The molecule has 3 atom stereocenters. The number of aliphatic hydroxyl groups is 1. The first-order valence-corrected chi connectivity index (χ1v) is 16.0. The van der Waals surface area contributed by atoms with Crippen molar-refractivity contribution < 1.29 is 33.8 Å². The Morgan fingerprint density at radius 3 is 1.89 bits per heavy atom. The van der Waals surface area contributed by atoms with E-state index in [2.05, 4.69) is 10.6 Å². The summed E-state index contributed by atoms with van der Waals surface area (Å²) in [6.45, 7) is 15.6. The molecule has 3 N–H and O–H groups in total. The molecule has 0 aromatic heterocycles. The highest BCUT2D eigenvalue weighted by Crippen LogP contribution is 2.25. The molecule has 0 aliphatic rings. The van der Waals surface area contributed by atoms with Gasteiger partial charge < -0.3 is 30.1 Å². The molecule has 3 unspecified atom stereocenters. The van der Waals surface area contributed by atoms with Gasteiger partial charge in [0.2, 0.25) is 11.8 Å². The van der Waals surface area contributed by atoms with Crippen LogP contribution in [0.15, 0.2) is 54.6 Å². The highest BCUT2D eigenvalue weighted by atomic mass is 16.6. The number of amides is 3. The Bertz CT molecular complexity index is 1280. The van der Waals surface area contributed by atoms with Gasteiger partial charge in [-0.2, -0.15) is 0 Å². The van der Waals surface area contributed by atoms with E-state index in [0.717, 1.165) is 17.5 Å². The lowest BCUT2D eigenvalue weighted by molar-refractivity contribution is -0.159. The van der Waals surface area contributed by atoms with E-state index in [0.29, 0.717) is 5.56 Å². The molecule has 0 bridgehead atoms. The van der Waals surface area contributed by atoms with Crippen LogP contribution < -0.4 is 10.6 Å². The van der Waals surface area contributed by atoms with Gasteiger partial charge in [-0.15, -0.1) is 0 Å². The Labute approximate surface area is 274 Å². The Kier molecular flexibility index (Phi) is 14.2. The fraction of sp³-hybridized carbons (Fsp3) is 0.556. The van der Waals surface area contributed by atoms with Crippen molar-refractivity contribution >= 4 is 23.9 Å². The fourth-order valence-electron chi connectivity index (χ4n) is 4.89. The molecular weight excluding hydrogens is 586 g/mol. The second-order valence-corrected chi connectivity index (χ2v) is 13.9. The number of hydrogen-bond acceptors (Lipinski definition) is 7. The Morgan fingerprint density at radius 2 is 1.39 bits per heavy atom. The number of aliphatic hydroxyl groups excluding tert-OH is 1. The molecule has 0 saturated heterocycles. The van der Waals surface area contributed by atoms with Crippen LogP contribution in [0.1, 0.15) is 91.5 Å². The van der Waals surface area contributed by atoms with Crippen molar-refractivity contribution in [3.8, 4) is 0 Å². The van der Waals surface area contributed by atoms with Crippen LogP contribution in [-0.2, 0) is 36.7 Å². The molecule has 0 saturated carbocycles. The summed E-state index contributed by atoms with van der Waals surface area (Å²) in [7, 11) is 0. The number of ether oxygens (including phenoxy) is 2. The highest BCUT2D eigenvalue weighted by molar-refractivity contribution is 5.94. The first kappa shape index (κ1) is 38.3. The van der Waals surface area contributed by atoms with E-state index in [1.165, 1.54) is 4.90 Å². The van der Waals surface area contributed by atoms with Gasteiger partial charge in [-0.3, -0.25) is 9.59 Å². The van der Waals surface area contributed by atoms with Crippen LogP contribution in [0.2, 0.25) is 0 Å². The molecule has 2 rings (SSSR count). The van der Waals surface area contributed by atoms with Gasteiger partial charge in [-0.05, 0) is 77.0 Å². The minimum absolute atomic E-state index is 0.00148. The lowest BCUT2D eigenvalue weighted by Crippen LogP contribution is -2.55. The van der Waals surface area contributed by atoms with Crippen LogP contribution in [0.4, 0.5) is 4.79 Å². The Morgan fingerprint density at radius 1 is 0.804 bits per heavy atom. The standard InChI is InChI=1S/C36H53N3O7/c1-10-25-16-18-27(19-17-25)30(31(41)37-29(33(43)45-35(4,5)6)23-26-14-12-11-13-15-26)39(20-21-40)32(42)28(22-24(2)3)38-34(44)46-36(7,8)9/h11-19,24,28-30,40H,10,20-23H2,1-9H3,(H,37,41)(H,38,44). The second kappa shape index (κ2) is 17.1. The molecule has 0 aliphatic heterocycles. The minimum atomic E-state index is -1.23. The first-order chi connectivity index (χ1) is 21.4. The highest BCUT2D eigenvalue weighted by Gasteiger charge is 2.38. The topological polar surface area (TPSA) is 134 Å². The van der Waals surface area contributed by atoms with Crippen molar-refractivity contribution in [1.29, 1.82) is 0 Å². The molecule has 10 nitrogen and oxygen atoms in total. The Balaban J connectivity index is 2.59. The summed E-state index contributed by atoms with van der Waals surface area (Å²) in [5, 5.41) is 15.7. The van der Waals surface area contributed by atoms with Gasteiger partial charge in [0.25, 0.3) is 0 Å². The number of nitrogens with zero attached hydrogens (tertiary/aromatic N) is 1. The molecule has 0 radical (unpaired) electrons. The normalized spacial score (nSPS) is 13.7. The van der Waals surface area contributed by atoms with Crippen molar-refractivity contribution in [2.24, 2.45) is 5.92 Å². The SMILES string of the molecule is CCc1ccc(C(C(=O)NC(Cc2ccccc2)C(=O)OC(C)(C)C)N(CCO)C(=O)C(CC(C)C)NC(=O)OC(C)(C)C)cc1. The summed E-state index contributed by atoms with van der Waals surface area (Å²) >= 11 is 0. The number of hydrogen-bond donors (Lipinski definition) is 3. The Hall–Kier alpha value is -3.92. The van der Waals surface area contributed by atoms with E-state index in [9.17, 15) is 24.3 Å². The molecule has 46 heavy (non-hydrogen) atoms. The minimum Gasteiger partial charge on any atom is -0.458 e. The van der Waals surface area contributed by atoms with Crippen molar-refractivity contribution in [1.82, 2.24) is 15.5 Å². The predicted octanol–water partition coefficient (Wildman–Crippen LogP) is 5.12. The number of benzene rings is 2. The van der Waals surface area contributed by atoms with Crippen molar-refractivity contribution in [3.05, 3.63) is 71.3 Å². The number of aryl methyl sites for hydroxylation is 1. The van der Waals surface area contributed by atoms with E-state index in [1.54, 1.807) is 53.7 Å². The van der Waals surface area contributed by atoms with Crippen molar-refractivity contribution in [2.45, 2.75) is 111 Å². The van der Waals surface area contributed by atoms with Gasteiger partial charge in [-0.1, -0.05) is 75.4 Å². The summed E-state index contributed by atoms with van der Waals surface area (Å²) in [5.41, 5.74) is 0.730. The zero-order valence-corrected chi connectivity index (χ0v) is 28.9. The van der Waals surface area contributed by atoms with Gasteiger partial charge in [0.1, 0.15) is 29.3 Å². The molecule has 0 aliphatic carbocycles. The quantitative estimate of drug-likeness (QED) is 0.244. The monoisotopic (exact) mass is 639 g/mol. The van der Waals surface area contributed by atoms with E-state index in [-0.39, 0.29) is 25.3 Å². The van der Waals surface area contributed by atoms with Crippen LogP contribution in [-0.4, -0.2) is 70.3 Å². The van der Waals surface area contributed by atoms with Gasteiger partial charge in [0, 0.05) is 13.0 Å². The molecular formula is C36H53N3O7. The maximum Gasteiger partial charge on any atom is 0.408 e. The number of esters is 1. The molecule has 0 spiro atoms. The van der Waals surface area contributed by atoms with Crippen LogP contribution >= 0.6 is 0 Å². The van der Waals surface area contributed by atoms with Gasteiger partial charge in [0.15, 0.2) is 0 Å². The zero-order chi connectivity index (χ0) is 34.7. The summed E-state index contributed by atoms with van der Waals surface area (Å²) in [6.07, 6.45) is 0.423. The van der Waals surface area contributed by atoms with Crippen LogP contribution in [0.25, 0.3) is 0 Å². The summed E-state index contributed by atoms with van der Waals surface area (Å²) in [5.74, 6) is -1.81. The third-order valence-electron chi connectivity index (χ3n) is 6.87. The van der Waals surface area contributed by atoms with E-state index >= 15 is 0 Å². The van der Waals surface area contributed by atoms with Crippen molar-refractivity contribution in [3.63, 3.8) is 0 Å². The van der Waals surface area contributed by atoms with Crippen LogP contribution in [0.5, 0.6) is 0 Å². The van der Waals surface area contributed by atoms with Gasteiger partial charge >= 0.3 is 12.1 Å². The lowest BCUT2D eigenvalue weighted by atomic mass is 9.97. The molecule has 2 aromatic rings. The second-order valence-electron chi connectivity index (χ2n) is 13.9. The average molecular weight is 640 g/mol. The maximum atomic E-state index is 14.3. The molecule has 0 fully saturated rings. The summed E-state index contributed by atoms with van der Waals surface area (Å²) in [4.78, 5) is 56.1. The largest absolute Gasteiger partial charge is 0.458 e. The number of carbonyl (C=O) groups is 4. The molecule has 2 aromatic carbocycles. The van der Waals surface area contributed by atoms with Gasteiger partial charge in [0.05, 0.1) is 6.61 Å². The van der Waals surface area contributed by atoms with Gasteiger partial charge in [-0.25, -0.2) is 9.59 Å². The van der Waals surface area contributed by atoms with Crippen LogP contribution in [0, 0.1) is 5.92 Å². The number of carbonyl (C=O) groups excluding carboxylic acids is 4. The smallest absolute Gasteiger partial charge is 0.408 e. The molecule has 0 heterocycles. The van der Waals surface area contributed by atoms with E-state index in [1.807, 2.05) is 63.2 Å². The third kappa shape index (κ3) is 12.8. The fourth-order valence-corrected chi connectivity index (χ4v) is 4.89. The lowest BCUT2D eigenvalue weighted by Gasteiger charge is -2.35. The summed E-state index contributed by atoms with van der Waals surface area (Å²) < 4.78 is 11.1. The molecule has 10 heteroatoms. The summed E-state index contributed by atoms with van der Waals surface area (Å²) in [6, 6.07) is 13.2. The third-order valence-corrected chi connectivity index (χ3v) is 6.87. The first-order valence-electron chi connectivity index (χ1n) is 16.0. The van der Waals surface area contributed by atoms with E-state index in [4.69, 9.17) is 9.47 Å². The number of rotatable bonds is 14. The van der Waals surface area contributed by atoms with Crippen LogP contribution in [0.3, 0.4) is 0 Å². The predicted molar refractivity (Wildman–Crippen MR) is 178 cm³/mol. The average Bonchev–Trinajstić information content (AvgIpc) is 2.94. The number of nitrogens with one attached hydrogen (secondary N) is 2.